The fourth-order valence-electron chi connectivity index (χ4n) is 2.03. The van der Waals surface area contributed by atoms with E-state index in [1.807, 2.05) is 50.4 Å². The van der Waals surface area contributed by atoms with Crippen molar-refractivity contribution in [1.82, 2.24) is 0 Å². The largest absolute Gasteiger partial charge is 0.478 e. The molecule has 0 amide bonds. The number of hydrogen-bond donors (Lipinski definition) is 1. The lowest BCUT2D eigenvalue weighted by molar-refractivity contribution is -0.130. The SMILES string of the molecule is Cc1ccc(/C(=C/c2sccc2C)C(=O)O)c(C)c1. The summed E-state index contributed by atoms with van der Waals surface area (Å²) in [6.45, 7) is 5.94. The Balaban J connectivity index is 2.55. The third kappa shape index (κ3) is 2.93. The Bertz CT molecular complexity index is 651. The highest BCUT2D eigenvalue weighted by molar-refractivity contribution is 7.11. The average Bonchev–Trinajstić information content (AvgIpc) is 2.72. The molecule has 3 heteroatoms. The molecule has 1 heterocycles. The Kier molecular flexibility index (Phi) is 3.86. The van der Waals surface area contributed by atoms with Crippen molar-refractivity contribution in [1.29, 1.82) is 0 Å². The van der Waals surface area contributed by atoms with E-state index >= 15 is 0 Å². The quantitative estimate of drug-likeness (QED) is 0.846. The van der Waals surface area contributed by atoms with Crippen molar-refractivity contribution in [3.05, 3.63) is 56.8 Å². The van der Waals surface area contributed by atoms with Crippen LogP contribution in [0.15, 0.2) is 29.6 Å². The van der Waals surface area contributed by atoms with E-state index in [1.54, 1.807) is 17.4 Å². The summed E-state index contributed by atoms with van der Waals surface area (Å²) in [7, 11) is 0. The number of benzene rings is 1. The van der Waals surface area contributed by atoms with Gasteiger partial charge in [-0.1, -0.05) is 23.8 Å². The molecule has 0 bridgehead atoms. The van der Waals surface area contributed by atoms with Crippen LogP contribution in [0.1, 0.15) is 27.1 Å². The van der Waals surface area contributed by atoms with Crippen LogP contribution in [-0.4, -0.2) is 11.1 Å². The van der Waals surface area contributed by atoms with Gasteiger partial charge in [0.25, 0.3) is 0 Å². The second kappa shape index (κ2) is 5.41. The molecule has 0 aliphatic rings. The third-order valence-electron chi connectivity index (χ3n) is 3.08. The standard InChI is InChI=1S/C16H16O2S/c1-10-4-5-13(12(3)8-10)14(16(17)18)9-15-11(2)6-7-19-15/h4-9H,1-3H3,(H,17,18)/b14-9-. The van der Waals surface area contributed by atoms with Crippen LogP contribution >= 0.6 is 11.3 Å². The van der Waals surface area contributed by atoms with E-state index < -0.39 is 5.97 Å². The second-order valence-electron chi connectivity index (χ2n) is 4.65. The van der Waals surface area contributed by atoms with Crippen LogP contribution in [0.2, 0.25) is 0 Å². The van der Waals surface area contributed by atoms with Gasteiger partial charge in [-0.05, 0) is 55.0 Å². The van der Waals surface area contributed by atoms with Crippen LogP contribution in [-0.2, 0) is 4.79 Å². The number of thiophene rings is 1. The van der Waals surface area contributed by atoms with Crippen molar-refractivity contribution in [3.63, 3.8) is 0 Å². The monoisotopic (exact) mass is 272 g/mol. The minimum Gasteiger partial charge on any atom is -0.478 e. The highest BCUT2D eigenvalue weighted by Crippen LogP contribution is 2.26. The zero-order chi connectivity index (χ0) is 14.0. The van der Waals surface area contributed by atoms with Crippen LogP contribution in [0.5, 0.6) is 0 Å². The first-order valence-corrected chi connectivity index (χ1v) is 6.93. The molecule has 0 radical (unpaired) electrons. The van der Waals surface area contributed by atoms with Crippen LogP contribution in [0.4, 0.5) is 0 Å². The second-order valence-corrected chi connectivity index (χ2v) is 5.60. The van der Waals surface area contributed by atoms with Crippen molar-refractivity contribution in [2.75, 3.05) is 0 Å². The Morgan fingerprint density at radius 3 is 2.42 bits per heavy atom. The van der Waals surface area contributed by atoms with E-state index in [-0.39, 0.29) is 0 Å². The minimum atomic E-state index is -0.889. The van der Waals surface area contributed by atoms with Gasteiger partial charge < -0.3 is 5.11 Å². The van der Waals surface area contributed by atoms with Gasteiger partial charge in [0, 0.05) is 4.88 Å². The van der Waals surface area contributed by atoms with Gasteiger partial charge in [-0.25, -0.2) is 4.79 Å². The molecular weight excluding hydrogens is 256 g/mol. The van der Waals surface area contributed by atoms with Crippen LogP contribution in [0.25, 0.3) is 11.6 Å². The summed E-state index contributed by atoms with van der Waals surface area (Å²) < 4.78 is 0. The van der Waals surface area contributed by atoms with Crippen molar-refractivity contribution in [3.8, 4) is 0 Å². The van der Waals surface area contributed by atoms with Gasteiger partial charge in [0.2, 0.25) is 0 Å². The van der Waals surface area contributed by atoms with Gasteiger partial charge in [0.15, 0.2) is 0 Å². The molecule has 0 aliphatic carbocycles. The molecule has 0 saturated heterocycles. The molecule has 0 aliphatic heterocycles. The Morgan fingerprint density at radius 1 is 1.16 bits per heavy atom. The number of carboxylic acids is 1. The molecule has 0 saturated carbocycles. The highest BCUT2D eigenvalue weighted by Gasteiger charge is 2.13. The highest BCUT2D eigenvalue weighted by atomic mass is 32.1. The Labute approximate surface area is 117 Å². The van der Waals surface area contributed by atoms with E-state index in [1.165, 1.54) is 0 Å². The Hall–Kier alpha value is -1.87. The number of aryl methyl sites for hydroxylation is 3. The van der Waals surface area contributed by atoms with Gasteiger partial charge in [-0.2, -0.15) is 0 Å². The first-order chi connectivity index (χ1) is 8.99. The normalized spacial score (nSPS) is 11.6. The fraction of sp³-hybridized carbons (Fsp3) is 0.188. The van der Waals surface area contributed by atoms with Crippen molar-refractivity contribution in [2.45, 2.75) is 20.8 Å². The van der Waals surface area contributed by atoms with E-state index in [2.05, 4.69) is 0 Å². The van der Waals surface area contributed by atoms with Crippen LogP contribution in [0, 0.1) is 20.8 Å². The number of aliphatic carboxylic acids is 1. The lowest BCUT2D eigenvalue weighted by Crippen LogP contribution is -2.01. The fourth-order valence-corrected chi connectivity index (χ4v) is 2.89. The molecular formula is C16H16O2S. The predicted octanol–water partition coefficient (Wildman–Crippen LogP) is 4.30. The maximum Gasteiger partial charge on any atom is 0.336 e. The molecule has 2 aromatic rings. The Morgan fingerprint density at radius 2 is 1.89 bits per heavy atom. The molecule has 1 aromatic heterocycles. The summed E-state index contributed by atoms with van der Waals surface area (Å²) in [6, 6.07) is 7.83. The van der Waals surface area contributed by atoms with Crippen molar-refractivity contribution < 1.29 is 9.90 Å². The molecule has 0 spiro atoms. The first kappa shape index (κ1) is 13.6. The van der Waals surface area contributed by atoms with Crippen LogP contribution in [0.3, 0.4) is 0 Å². The van der Waals surface area contributed by atoms with Crippen molar-refractivity contribution >= 4 is 29.0 Å². The molecule has 0 unspecified atom stereocenters. The number of carbonyl (C=O) groups is 1. The summed E-state index contributed by atoms with van der Waals surface area (Å²) in [6.07, 6.45) is 1.76. The molecule has 19 heavy (non-hydrogen) atoms. The lowest BCUT2D eigenvalue weighted by atomic mass is 9.98. The van der Waals surface area contributed by atoms with Gasteiger partial charge in [0.1, 0.15) is 0 Å². The third-order valence-corrected chi connectivity index (χ3v) is 4.05. The van der Waals surface area contributed by atoms with Crippen LogP contribution < -0.4 is 0 Å². The predicted molar refractivity (Wildman–Crippen MR) is 80.5 cm³/mol. The summed E-state index contributed by atoms with van der Waals surface area (Å²) in [5, 5.41) is 11.4. The zero-order valence-electron chi connectivity index (χ0n) is 11.2. The zero-order valence-corrected chi connectivity index (χ0v) is 12.0. The minimum absolute atomic E-state index is 0.350. The molecule has 1 aromatic carbocycles. The first-order valence-electron chi connectivity index (χ1n) is 6.05. The van der Waals surface area contributed by atoms with Gasteiger partial charge >= 0.3 is 5.97 Å². The lowest BCUT2D eigenvalue weighted by Gasteiger charge is -2.08. The summed E-state index contributed by atoms with van der Waals surface area (Å²) in [4.78, 5) is 12.5. The van der Waals surface area contributed by atoms with Gasteiger partial charge in [-0.3, -0.25) is 0 Å². The van der Waals surface area contributed by atoms with Gasteiger partial charge in [0.05, 0.1) is 5.57 Å². The van der Waals surface area contributed by atoms with E-state index in [9.17, 15) is 9.90 Å². The maximum absolute atomic E-state index is 11.5. The smallest absolute Gasteiger partial charge is 0.336 e. The van der Waals surface area contributed by atoms with Crippen molar-refractivity contribution in [2.24, 2.45) is 0 Å². The molecule has 0 atom stereocenters. The molecule has 1 N–H and O–H groups in total. The van der Waals surface area contributed by atoms with E-state index in [0.717, 1.165) is 27.1 Å². The number of rotatable bonds is 3. The number of carboxylic acid groups (broad SMARTS) is 1. The number of hydrogen-bond acceptors (Lipinski definition) is 2. The molecule has 98 valence electrons. The van der Waals surface area contributed by atoms with E-state index in [0.29, 0.717) is 5.57 Å². The maximum atomic E-state index is 11.5. The summed E-state index contributed by atoms with van der Waals surface area (Å²) >= 11 is 1.56. The van der Waals surface area contributed by atoms with E-state index in [4.69, 9.17) is 0 Å². The molecule has 2 nitrogen and oxygen atoms in total. The van der Waals surface area contributed by atoms with Gasteiger partial charge in [-0.15, -0.1) is 11.3 Å². The topological polar surface area (TPSA) is 37.3 Å². The summed E-state index contributed by atoms with van der Waals surface area (Å²) in [5.41, 5.74) is 4.36. The average molecular weight is 272 g/mol. The summed E-state index contributed by atoms with van der Waals surface area (Å²) in [5.74, 6) is -0.889. The molecule has 2 rings (SSSR count). The molecule has 0 fully saturated rings.